The van der Waals surface area contributed by atoms with E-state index in [1.807, 2.05) is 0 Å². The minimum Gasteiger partial charge on any atom is -0.508 e. The summed E-state index contributed by atoms with van der Waals surface area (Å²) in [4.78, 5) is 21.0. The number of aromatic hydroxyl groups is 1. The predicted molar refractivity (Wildman–Crippen MR) is 242 cm³/mol. The van der Waals surface area contributed by atoms with E-state index in [2.05, 4.69) is 31.9 Å². The maximum Gasteiger partial charge on any atom is 0.491 e. The molecule has 0 atom stereocenters. The van der Waals surface area contributed by atoms with Gasteiger partial charge in [0.25, 0.3) is 0 Å². The Morgan fingerprint density at radius 2 is 0.940 bits per heavy atom. The van der Waals surface area contributed by atoms with Gasteiger partial charge in [-0.1, -0.05) is 69.6 Å². The van der Waals surface area contributed by atoms with Gasteiger partial charge in [0.1, 0.15) is 28.7 Å². The standard InChI is InChI=1S/C14H10BF3O3.C14H8BrF3O2.C7H6BF3O2.C7H5BrO2.CH4.2B/c16-14(17,18)10-1-3-11(4-2-10)21-12-5-6-13-9(7-12)8-20-15(13)19;15-13-6-5-12(7-9(13)8-19)20-11-3-1-10(2-4-11)14(16,17)18;9-7(10,11)5-1-3-6(4-2-5)8(12)13;8-7-2-1-6(10)3-5(7)4-9;;;/h1-7,19H,8H2;1-8H;1-4,12-13H;1-4,10H;1H4;;. The number of aldehydes is 2. The van der Waals surface area contributed by atoms with E-state index in [9.17, 15) is 54.1 Å². The number of fused-ring (bicyclic) bond motifs is 1. The maximum atomic E-state index is 12.5. The van der Waals surface area contributed by atoms with Crippen molar-refractivity contribution in [1.29, 1.82) is 0 Å². The number of phenolic OH excluding ortho intramolecular Hbond substituents is 1. The topological polar surface area (TPSA) is 143 Å². The Balaban J connectivity index is 0.000000457. The zero-order valence-electron chi connectivity index (χ0n) is 33.3. The highest BCUT2D eigenvalue weighted by atomic mass is 79.9. The average Bonchev–Trinajstić information content (AvgIpc) is 3.61. The number of hydrogen-bond acceptors (Lipinski definition) is 9. The van der Waals surface area contributed by atoms with Crippen molar-refractivity contribution < 1.29 is 83.4 Å². The number of rotatable bonds is 7. The van der Waals surface area contributed by atoms with Crippen LogP contribution in [0.15, 0.2) is 136 Å². The fourth-order valence-corrected chi connectivity index (χ4v) is 5.79. The van der Waals surface area contributed by atoms with E-state index in [-0.39, 0.29) is 47.8 Å². The van der Waals surface area contributed by atoms with Gasteiger partial charge < -0.3 is 34.3 Å². The summed E-state index contributed by atoms with van der Waals surface area (Å²) in [6.07, 6.45) is -11.8. The van der Waals surface area contributed by atoms with Crippen LogP contribution in [0.25, 0.3) is 0 Å². The van der Waals surface area contributed by atoms with Crippen LogP contribution in [0.1, 0.15) is 50.4 Å². The van der Waals surface area contributed by atoms with Crippen LogP contribution in [-0.2, 0) is 29.8 Å². The van der Waals surface area contributed by atoms with Gasteiger partial charge in [-0.3, -0.25) is 9.59 Å². The Bertz CT molecular complexity index is 2500. The fourth-order valence-electron chi connectivity index (χ4n) is 5.11. The number of hydrogen-bond donors (Lipinski definition) is 4. The van der Waals surface area contributed by atoms with Crippen molar-refractivity contribution in [2.45, 2.75) is 32.6 Å². The molecule has 0 amide bonds. The predicted octanol–water partition coefficient (Wildman–Crippen LogP) is 10.0. The average molecular weight is 1070 g/mol. The number of benzene rings is 6. The molecule has 6 aromatic carbocycles. The molecule has 348 valence electrons. The number of carbonyl (C=O) groups is 2. The first kappa shape index (κ1) is 59.5. The molecule has 0 aromatic heterocycles. The molecule has 0 bridgehead atoms. The fraction of sp³-hybridized carbons (Fsp3) is 0.116. The van der Waals surface area contributed by atoms with Crippen molar-refractivity contribution in [3.05, 3.63) is 170 Å². The normalized spacial score (nSPS) is 11.4. The molecule has 67 heavy (non-hydrogen) atoms. The molecule has 0 aliphatic carbocycles. The summed E-state index contributed by atoms with van der Waals surface area (Å²) in [5.41, 5.74) is 0.0931. The van der Waals surface area contributed by atoms with E-state index in [0.717, 1.165) is 54.1 Å². The number of ether oxygens (including phenoxy) is 2. The molecule has 0 fully saturated rings. The number of phenols is 1. The zero-order chi connectivity index (χ0) is 47.4. The van der Waals surface area contributed by atoms with E-state index in [4.69, 9.17) is 29.3 Å². The molecule has 9 nitrogen and oxygen atoms in total. The molecule has 6 aromatic rings. The second-order valence-corrected chi connectivity index (χ2v) is 14.6. The number of alkyl halides is 9. The molecule has 1 aliphatic rings. The van der Waals surface area contributed by atoms with E-state index < -0.39 is 49.5 Å². The largest absolute Gasteiger partial charge is 0.508 e. The minimum atomic E-state index is -4.39. The van der Waals surface area contributed by atoms with Crippen LogP contribution < -0.4 is 20.4 Å². The van der Waals surface area contributed by atoms with Crippen molar-refractivity contribution in [2.24, 2.45) is 0 Å². The molecular formula is C43H33B4Br2F9O9. The van der Waals surface area contributed by atoms with E-state index in [1.165, 1.54) is 42.5 Å². The van der Waals surface area contributed by atoms with Crippen LogP contribution in [0.2, 0.25) is 0 Å². The highest BCUT2D eigenvalue weighted by Crippen LogP contribution is 2.34. The SMILES string of the molecule is C.O=Cc1cc(O)ccc1Br.O=Cc1cc(Oc2ccc(C(F)(F)F)cc2)ccc1Br.OB(O)c1ccc(C(F)(F)F)cc1.OB1OCc2cc(Oc3ccc(C(F)(F)F)cc3)ccc21.[B].[B]. The summed E-state index contributed by atoms with van der Waals surface area (Å²) in [7, 11) is -2.66. The summed E-state index contributed by atoms with van der Waals surface area (Å²) in [6.45, 7) is 0.278. The van der Waals surface area contributed by atoms with E-state index in [0.29, 0.717) is 55.4 Å². The van der Waals surface area contributed by atoms with E-state index >= 15 is 0 Å². The van der Waals surface area contributed by atoms with Crippen LogP contribution in [0.4, 0.5) is 39.5 Å². The summed E-state index contributed by atoms with van der Waals surface area (Å²) in [6, 6.07) is 26.7. The molecule has 0 unspecified atom stereocenters. The zero-order valence-corrected chi connectivity index (χ0v) is 36.5. The van der Waals surface area contributed by atoms with Gasteiger partial charge >= 0.3 is 32.8 Å². The van der Waals surface area contributed by atoms with Crippen molar-refractivity contribution >= 4 is 86.4 Å². The Morgan fingerprint density at radius 3 is 1.34 bits per heavy atom. The Labute approximate surface area is 399 Å². The second-order valence-electron chi connectivity index (χ2n) is 12.9. The number of halogens is 11. The third-order valence-corrected chi connectivity index (χ3v) is 9.79. The first-order valence-corrected chi connectivity index (χ1v) is 19.4. The summed E-state index contributed by atoms with van der Waals surface area (Å²) >= 11 is 6.34. The van der Waals surface area contributed by atoms with E-state index in [1.54, 1.807) is 36.4 Å². The van der Waals surface area contributed by atoms with Gasteiger partial charge in [-0.15, -0.1) is 0 Å². The van der Waals surface area contributed by atoms with Crippen molar-refractivity contribution in [3.8, 4) is 28.7 Å². The first-order chi connectivity index (χ1) is 30.0. The third-order valence-electron chi connectivity index (χ3n) is 8.35. The van der Waals surface area contributed by atoms with Gasteiger partial charge in [-0.25, -0.2) is 0 Å². The molecule has 1 heterocycles. The third kappa shape index (κ3) is 18.2. The van der Waals surface area contributed by atoms with Gasteiger partial charge in [0.2, 0.25) is 0 Å². The molecule has 24 heteroatoms. The first-order valence-electron chi connectivity index (χ1n) is 17.8. The second kappa shape index (κ2) is 26.1. The lowest BCUT2D eigenvalue weighted by molar-refractivity contribution is -0.138. The van der Waals surface area contributed by atoms with Crippen molar-refractivity contribution in [3.63, 3.8) is 0 Å². The van der Waals surface area contributed by atoms with Gasteiger partial charge in [-0.05, 0) is 114 Å². The van der Waals surface area contributed by atoms with Crippen molar-refractivity contribution in [2.75, 3.05) is 0 Å². The van der Waals surface area contributed by atoms with Crippen molar-refractivity contribution in [1.82, 2.24) is 0 Å². The quantitative estimate of drug-likeness (QED) is 0.0698. The van der Waals surface area contributed by atoms with Gasteiger partial charge in [0.15, 0.2) is 12.6 Å². The Hall–Kier alpha value is -5.51. The maximum absolute atomic E-state index is 12.5. The molecule has 0 spiro atoms. The lowest BCUT2D eigenvalue weighted by Gasteiger charge is -2.09. The summed E-state index contributed by atoms with van der Waals surface area (Å²) in [5.74, 6) is 1.52. The lowest BCUT2D eigenvalue weighted by atomic mass is 9.80. The van der Waals surface area contributed by atoms with Gasteiger partial charge in [-0.2, -0.15) is 39.5 Å². The van der Waals surface area contributed by atoms with Gasteiger partial charge in [0, 0.05) is 36.9 Å². The number of carbonyl (C=O) groups excluding carboxylic acids is 2. The van der Waals surface area contributed by atoms with Gasteiger partial charge in [0.05, 0.1) is 23.3 Å². The highest BCUT2D eigenvalue weighted by Gasteiger charge is 2.32. The lowest BCUT2D eigenvalue weighted by Crippen LogP contribution is -2.29. The van der Waals surface area contributed by atoms with Crippen LogP contribution in [0.3, 0.4) is 0 Å². The highest BCUT2D eigenvalue weighted by molar-refractivity contribution is 9.10. The monoisotopic (exact) mass is 1070 g/mol. The smallest absolute Gasteiger partial charge is 0.491 e. The molecule has 1 aliphatic heterocycles. The minimum absolute atomic E-state index is 0. The molecule has 6 radical (unpaired) electrons. The van der Waals surface area contributed by atoms with Crippen LogP contribution >= 0.6 is 31.9 Å². The van der Waals surface area contributed by atoms with Crippen LogP contribution in [-0.4, -0.2) is 63.8 Å². The van der Waals surface area contributed by atoms with Crippen LogP contribution in [0.5, 0.6) is 28.7 Å². The van der Waals surface area contributed by atoms with Crippen LogP contribution in [0, 0.1) is 0 Å². The Morgan fingerprint density at radius 1 is 0.567 bits per heavy atom. The Kier molecular flexibility index (Phi) is 23.2. The summed E-state index contributed by atoms with van der Waals surface area (Å²) < 4.78 is 128. The molecule has 4 N–H and O–H groups in total. The molecule has 0 saturated carbocycles. The molecule has 7 rings (SSSR count). The summed E-state index contributed by atoms with van der Waals surface area (Å²) in [5, 5.41) is 35.6. The molecular weight excluding hydrogens is 1030 g/mol. The molecule has 0 saturated heterocycles.